The molecule has 1 aromatic carbocycles. The van der Waals surface area contributed by atoms with Crippen LogP contribution in [0.25, 0.3) is 5.57 Å². The zero-order chi connectivity index (χ0) is 12.8. The summed E-state index contributed by atoms with van der Waals surface area (Å²) in [6, 6.07) is 7.37. The summed E-state index contributed by atoms with van der Waals surface area (Å²) in [6.45, 7) is 0. The van der Waals surface area contributed by atoms with Gasteiger partial charge in [-0.3, -0.25) is 4.79 Å². The van der Waals surface area contributed by atoms with Gasteiger partial charge in [-0.05, 0) is 24.0 Å². The Kier molecular flexibility index (Phi) is 5.59. The van der Waals surface area contributed by atoms with Crippen molar-refractivity contribution in [2.24, 2.45) is 0 Å². The van der Waals surface area contributed by atoms with E-state index < -0.39 is 0 Å². The Morgan fingerprint density at radius 2 is 2.18 bits per heavy atom. The molecule has 0 atom stereocenters. The number of ketones is 1. The first kappa shape index (κ1) is 14.1. The molecule has 92 valence electrons. The van der Waals surface area contributed by atoms with E-state index in [1.54, 1.807) is 6.07 Å². The molecule has 0 heterocycles. The van der Waals surface area contributed by atoms with Crippen LogP contribution < -0.4 is 0 Å². The number of nitrogens with zero attached hydrogens (tertiary/aromatic N) is 1. The number of carbonyl (C=O) groups excluding carboxylic acids is 1. The van der Waals surface area contributed by atoms with Crippen molar-refractivity contribution in [1.82, 2.24) is 4.90 Å². The maximum absolute atomic E-state index is 12.0. The highest BCUT2D eigenvalue weighted by atomic mass is 35.5. The first-order valence-electron chi connectivity index (χ1n) is 5.21. The number of hydrogen-bond acceptors (Lipinski definition) is 3. The van der Waals surface area contributed by atoms with E-state index in [1.807, 2.05) is 49.7 Å². The number of carbonyl (C=O) groups is 1. The number of Topliss-reactive ketones (excluding diaryl/α,β-unsaturated/α-hetero) is 1. The lowest BCUT2D eigenvalue weighted by Gasteiger charge is -2.11. The molecule has 0 bridgehead atoms. The smallest absolute Gasteiger partial charge is 0.174 e. The monoisotopic (exact) mass is 269 g/mol. The molecule has 0 spiro atoms. The second kappa shape index (κ2) is 6.72. The molecule has 0 amide bonds. The Hall–Kier alpha value is -0.930. The summed E-state index contributed by atoms with van der Waals surface area (Å²) in [5, 5.41) is 0.643. The Labute approximate surface area is 112 Å². The largest absolute Gasteiger partial charge is 0.383 e. The number of hydrogen-bond donors (Lipinski definition) is 0. The van der Waals surface area contributed by atoms with Gasteiger partial charge in [0.05, 0.1) is 5.75 Å². The van der Waals surface area contributed by atoms with Gasteiger partial charge in [-0.2, -0.15) is 11.8 Å². The fraction of sp³-hybridized carbons (Fsp3) is 0.308. The van der Waals surface area contributed by atoms with Crippen LogP contribution >= 0.6 is 23.4 Å². The molecule has 0 unspecified atom stereocenters. The molecule has 0 aliphatic rings. The van der Waals surface area contributed by atoms with Crippen LogP contribution in [0, 0.1) is 0 Å². The van der Waals surface area contributed by atoms with Gasteiger partial charge in [0.2, 0.25) is 0 Å². The Morgan fingerprint density at radius 1 is 1.47 bits per heavy atom. The van der Waals surface area contributed by atoms with Gasteiger partial charge >= 0.3 is 0 Å². The zero-order valence-corrected chi connectivity index (χ0v) is 11.8. The molecule has 17 heavy (non-hydrogen) atoms. The minimum atomic E-state index is 0.119. The van der Waals surface area contributed by atoms with Crippen molar-refractivity contribution in [2.75, 3.05) is 26.1 Å². The minimum absolute atomic E-state index is 0.119. The van der Waals surface area contributed by atoms with E-state index in [9.17, 15) is 4.79 Å². The fourth-order valence-electron chi connectivity index (χ4n) is 1.43. The predicted molar refractivity (Wildman–Crippen MR) is 76.5 cm³/mol. The molecule has 0 aliphatic carbocycles. The van der Waals surface area contributed by atoms with Crippen molar-refractivity contribution in [3.8, 4) is 0 Å². The summed E-state index contributed by atoms with van der Waals surface area (Å²) < 4.78 is 0. The van der Waals surface area contributed by atoms with Crippen LogP contribution in [-0.2, 0) is 4.79 Å². The van der Waals surface area contributed by atoms with Gasteiger partial charge in [0.25, 0.3) is 0 Å². The summed E-state index contributed by atoms with van der Waals surface area (Å²) in [5.74, 6) is 0.597. The summed E-state index contributed by atoms with van der Waals surface area (Å²) in [5.41, 5.74) is 1.57. The van der Waals surface area contributed by atoms with E-state index in [2.05, 4.69) is 0 Å². The highest BCUT2D eigenvalue weighted by Gasteiger charge is 2.12. The predicted octanol–water partition coefficient (Wildman–Crippen LogP) is 3.17. The molecular weight excluding hydrogens is 254 g/mol. The SMILES string of the molecule is CSCC(=O)/C(=C\N(C)C)c1cccc(Cl)c1. The lowest BCUT2D eigenvalue weighted by Crippen LogP contribution is -2.10. The summed E-state index contributed by atoms with van der Waals surface area (Å²) in [6.07, 6.45) is 3.76. The molecule has 4 heteroatoms. The van der Waals surface area contributed by atoms with Gasteiger partial charge < -0.3 is 4.90 Å². The molecule has 0 aliphatic heterocycles. The summed E-state index contributed by atoms with van der Waals surface area (Å²) in [7, 11) is 3.80. The van der Waals surface area contributed by atoms with Gasteiger partial charge in [-0.25, -0.2) is 0 Å². The van der Waals surface area contributed by atoms with Crippen molar-refractivity contribution in [1.29, 1.82) is 0 Å². The number of rotatable bonds is 5. The number of allylic oxidation sites excluding steroid dienone is 1. The topological polar surface area (TPSA) is 20.3 Å². The third-order valence-corrected chi connectivity index (χ3v) is 2.88. The van der Waals surface area contributed by atoms with E-state index in [1.165, 1.54) is 11.8 Å². The molecule has 1 rings (SSSR count). The van der Waals surface area contributed by atoms with Crippen molar-refractivity contribution < 1.29 is 4.79 Å². The van der Waals surface area contributed by atoms with Crippen molar-refractivity contribution in [2.45, 2.75) is 0 Å². The van der Waals surface area contributed by atoms with Gasteiger partial charge in [0.15, 0.2) is 5.78 Å². The van der Waals surface area contributed by atoms with E-state index in [-0.39, 0.29) is 5.78 Å². The van der Waals surface area contributed by atoms with Crippen molar-refractivity contribution >= 4 is 34.7 Å². The highest BCUT2D eigenvalue weighted by Crippen LogP contribution is 2.21. The van der Waals surface area contributed by atoms with E-state index in [4.69, 9.17) is 11.6 Å². The van der Waals surface area contributed by atoms with Crippen LogP contribution in [0.3, 0.4) is 0 Å². The molecule has 2 nitrogen and oxygen atoms in total. The average Bonchev–Trinajstić information content (AvgIpc) is 2.26. The highest BCUT2D eigenvalue weighted by molar-refractivity contribution is 7.99. The Morgan fingerprint density at radius 3 is 2.71 bits per heavy atom. The molecule has 0 fully saturated rings. The number of benzene rings is 1. The molecule has 1 aromatic rings. The van der Waals surface area contributed by atoms with Crippen molar-refractivity contribution in [3.05, 3.63) is 41.1 Å². The lowest BCUT2D eigenvalue weighted by molar-refractivity contribution is -0.111. The molecule has 0 N–H and O–H groups in total. The maximum Gasteiger partial charge on any atom is 0.174 e. The van der Waals surface area contributed by atoms with Crippen LogP contribution in [0.1, 0.15) is 5.56 Å². The lowest BCUT2D eigenvalue weighted by atomic mass is 10.0. The normalized spacial score (nSPS) is 11.4. The standard InChI is InChI=1S/C13H16ClNOS/c1-15(2)8-12(13(16)9-17-3)10-5-4-6-11(14)7-10/h4-8H,9H2,1-3H3/b12-8-. The third kappa shape index (κ3) is 4.44. The second-order valence-electron chi connectivity index (χ2n) is 3.87. The Bertz CT molecular complexity index is 429. The molecule has 0 saturated carbocycles. The molecular formula is C13H16ClNOS. The van der Waals surface area contributed by atoms with E-state index in [0.717, 1.165) is 5.56 Å². The summed E-state index contributed by atoms with van der Waals surface area (Å²) in [4.78, 5) is 13.9. The van der Waals surface area contributed by atoms with E-state index >= 15 is 0 Å². The van der Waals surface area contributed by atoms with E-state index in [0.29, 0.717) is 16.3 Å². The number of halogens is 1. The minimum Gasteiger partial charge on any atom is -0.383 e. The van der Waals surface area contributed by atoms with Gasteiger partial charge in [-0.15, -0.1) is 0 Å². The molecule has 0 saturated heterocycles. The summed E-state index contributed by atoms with van der Waals surface area (Å²) >= 11 is 7.47. The van der Waals surface area contributed by atoms with Crippen LogP contribution in [0.15, 0.2) is 30.5 Å². The first-order valence-corrected chi connectivity index (χ1v) is 6.98. The first-order chi connectivity index (χ1) is 8.04. The van der Waals surface area contributed by atoms with Crippen LogP contribution in [0.2, 0.25) is 5.02 Å². The molecule has 0 aromatic heterocycles. The van der Waals surface area contributed by atoms with Crippen LogP contribution in [0.4, 0.5) is 0 Å². The zero-order valence-electron chi connectivity index (χ0n) is 10.2. The van der Waals surface area contributed by atoms with Gasteiger partial charge in [-0.1, -0.05) is 23.7 Å². The second-order valence-corrected chi connectivity index (χ2v) is 5.18. The average molecular weight is 270 g/mol. The molecule has 0 radical (unpaired) electrons. The number of thioether (sulfide) groups is 1. The third-order valence-electron chi connectivity index (χ3n) is 2.10. The maximum atomic E-state index is 12.0. The van der Waals surface area contributed by atoms with Gasteiger partial charge in [0.1, 0.15) is 0 Å². The fourth-order valence-corrected chi connectivity index (χ4v) is 2.04. The van der Waals surface area contributed by atoms with Crippen LogP contribution in [-0.4, -0.2) is 36.8 Å². The van der Waals surface area contributed by atoms with Crippen LogP contribution in [0.5, 0.6) is 0 Å². The quantitative estimate of drug-likeness (QED) is 0.766. The Balaban J connectivity index is 3.11. The van der Waals surface area contributed by atoms with Gasteiger partial charge in [0, 0.05) is 30.9 Å². The van der Waals surface area contributed by atoms with Crippen molar-refractivity contribution in [3.63, 3.8) is 0 Å².